The van der Waals surface area contributed by atoms with Gasteiger partial charge in [-0.1, -0.05) is 36.4 Å². The Kier molecular flexibility index (Phi) is 5.91. The van der Waals surface area contributed by atoms with E-state index in [1.54, 1.807) is 12.4 Å². The lowest BCUT2D eigenvalue weighted by Crippen LogP contribution is -2.45. The van der Waals surface area contributed by atoms with Crippen LogP contribution in [-0.4, -0.2) is 49.0 Å². The van der Waals surface area contributed by atoms with E-state index in [2.05, 4.69) is 50.0 Å². The van der Waals surface area contributed by atoms with Crippen molar-refractivity contribution in [3.05, 3.63) is 91.0 Å². The van der Waals surface area contributed by atoms with Crippen LogP contribution in [0.3, 0.4) is 0 Å². The summed E-state index contributed by atoms with van der Waals surface area (Å²) in [5, 5.41) is 16.4. The molecule has 1 aliphatic rings. The first-order chi connectivity index (χ1) is 17.7. The van der Waals surface area contributed by atoms with Crippen molar-refractivity contribution in [2.75, 3.05) is 13.1 Å². The first-order valence-corrected chi connectivity index (χ1v) is 12.2. The molecule has 2 amide bonds. The summed E-state index contributed by atoms with van der Waals surface area (Å²) in [6, 6.07) is 20.3. The maximum atomic E-state index is 12.8. The Morgan fingerprint density at radius 3 is 2.75 bits per heavy atom. The van der Waals surface area contributed by atoms with Crippen LogP contribution in [0.15, 0.2) is 85.5 Å². The molecule has 2 N–H and O–H groups in total. The summed E-state index contributed by atoms with van der Waals surface area (Å²) in [6.45, 7) is 1.94. The minimum atomic E-state index is -0.0232. The van der Waals surface area contributed by atoms with Crippen LogP contribution in [0.25, 0.3) is 33.3 Å². The normalized spacial score (nSPS) is 15.8. The third kappa shape index (κ3) is 4.45. The molecule has 8 nitrogen and oxygen atoms in total. The molecule has 3 aromatic heterocycles. The third-order valence-electron chi connectivity index (χ3n) is 6.80. The van der Waals surface area contributed by atoms with Gasteiger partial charge in [0.2, 0.25) is 0 Å². The Morgan fingerprint density at radius 1 is 1.03 bits per heavy atom. The first-order valence-electron chi connectivity index (χ1n) is 12.2. The number of aromatic nitrogens is 5. The number of pyridine rings is 1. The molecule has 180 valence electrons. The van der Waals surface area contributed by atoms with E-state index in [0.29, 0.717) is 13.1 Å². The van der Waals surface area contributed by atoms with E-state index >= 15 is 0 Å². The highest BCUT2D eigenvalue weighted by Crippen LogP contribution is 2.31. The van der Waals surface area contributed by atoms with Crippen molar-refractivity contribution in [3.8, 4) is 22.4 Å². The zero-order chi connectivity index (χ0) is 24.3. The SMILES string of the molecule is O=C(NCc1ccccc1)N1CCCC(n2cc(-c3ccc4[nH]nc(-c5ccncc5)c4c3)cn2)C1. The maximum absolute atomic E-state index is 12.8. The van der Waals surface area contributed by atoms with Crippen molar-refractivity contribution in [1.29, 1.82) is 0 Å². The standard InChI is InChI=1S/C28H27N7O/c36-28(30-16-20-5-2-1-3-6-20)34-14-4-7-24(19-34)35-18-23(17-31-35)22-8-9-26-25(15-22)27(33-32-26)21-10-12-29-13-11-21/h1-3,5-6,8-13,15,17-18,24H,4,7,14,16,19H2,(H,30,36)(H,32,33). The lowest BCUT2D eigenvalue weighted by Gasteiger charge is -2.32. The molecule has 1 aliphatic heterocycles. The number of amides is 2. The monoisotopic (exact) mass is 477 g/mol. The number of H-pyrrole nitrogens is 1. The summed E-state index contributed by atoms with van der Waals surface area (Å²) < 4.78 is 2.01. The molecule has 1 unspecified atom stereocenters. The van der Waals surface area contributed by atoms with Gasteiger partial charge in [-0.2, -0.15) is 10.2 Å². The highest BCUT2D eigenvalue weighted by Gasteiger charge is 2.25. The van der Waals surface area contributed by atoms with E-state index in [-0.39, 0.29) is 12.1 Å². The number of fused-ring (bicyclic) bond motifs is 1. The van der Waals surface area contributed by atoms with E-state index in [1.807, 2.05) is 58.2 Å². The Morgan fingerprint density at radius 2 is 1.89 bits per heavy atom. The van der Waals surface area contributed by atoms with Gasteiger partial charge in [0, 0.05) is 54.7 Å². The molecule has 4 heterocycles. The Hall–Kier alpha value is -4.46. The average Bonchev–Trinajstić information content (AvgIpc) is 3.60. The first kappa shape index (κ1) is 22.0. The fourth-order valence-corrected chi connectivity index (χ4v) is 4.85. The molecule has 0 aliphatic carbocycles. The van der Waals surface area contributed by atoms with E-state index in [1.165, 1.54) is 0 Å². The molecular weight excluding hydrogens is 450 g/mol. The fraction of sp³-hybridized carbons (Fsp3) is 0.214. The van der Waals surface area contributed by atoms with Gasteiger partial charge in [0.1, 0.15) is 5.69 Å². The van der Waals surface area contributed by atoms with Gasteiger partial charge in [-0.05, 0) is 48.2 Å². The van der Waals surface area contributed by atoms with E-state index < -0.39 is 0 Å². The van der Waals surface area contributed by atoms with Gasteiger partial charge in [-0.25, -0.2) is 4.79 Å². The quantitative estimate of drug-likeness (QED) is 0.371. The topological polar surface area (TPSA) is 91.7 Å². The minimum Gasteiger partial charge on any atom is -0.334 e. The number of aromatic amines is 1. The molecule has 6 rings (SSSR count). The molecule has 8 heteroatoms. The van der Waals surface area contributed by atoms with Crippen LogP contribution >= 0.6 is 0 Å². The van der Waals surface area contributed by atoms with Gasteiger partial charge < -0.3 is 10.2 Å². The predicted molar refractivity (Wildman–Crippen MR) is 139 cm³/mol. The smallest absolute Gasteiger partial charge is 0.317 e. The zero-order valence-electron chi connectivity index (χ0n) is 19.8. The van der Waals surface area contributed by atoms with Crippen LogP contribution in [0.2, 0.25) is 0 Å². The highest BCUT2D eigenvalue weighted by molar-refractivity contribution is 5.95. The molecule has 0 bridgehead atoms. The number of benzene rings is 2. The number of piperidine rings is 1. The van der Waals surface area contributed by atoms with E-state index in [4.69, 9.17) is 0 Å². The number of carbonyl (C=O) groups excluding carboxylic acids is 1. The fourth-order valence-electron chi connectivity index (χ4n) is 4.85. The molecule has 1 atom stereocenters. The molecule has 36 heavy (non-hydrogen) atoms. The van der Waals surface area contributed by atoms with Crippen LogP contribution in [0.5, 0.6) is 0 Å². The Balaban J connectivity index is 1.17. The van der Waals surface area contributed by atoms with Crippen molar-refractivity contribution >= 4 is 16.9 Å². The summed E-state index contributed by atoms with van der Waals surface area (Å²) in [5.74, 6) is 0. The maximum Gasteiger partial charge on any atom is 0.317 e. The second kappa shape index (κ2) is 9.65. The van der Waals surface area contributed by atoms with Gasteiger partial charge in [-0.3, -0.25) is 14.8 Å². The molecular formula is C28H27N7O. The molecule has 1 saturated heterocycles. The van der Waals surface area contributed by atoms with Crippen molar-refractivity contribution < 1.29 is 4.79 Å². The summed E-state index contributed by atoms with van der Waals surface area (Å²) in [4.78, 5) is 18.8. The number of nitrogens with one attached hydrogen (secondary N) is 2. The van der Waals surface area contributed by atoms with Gasteiger partial charge in [0.05, 0.1) is 17.8 Å². The minimum absolute atomic E-state index is 0.0232. The van der Waals surface area contributed by atoms with Crippen LogP contribution in [0, 0.1) is 0 Å². The zero-order valence-corrected chi connectivity index (χ0v) is 19.8. The second-order valence-corrected chi connectivity index (χ2v) is 9.16. The van der Waals surface area contributed by atoms with Crippen molar-refractivity contribution in [2.24, 2.45) is 0 Å². The molecule has 0 spiro atoms. The Bertz CT molecular complexity index is 1480. The van der Waals surface area contributed by atoms with E-state index in [9.17, 15) is 4.79 Å². The van der Waals surface area contributed by atoms with Crippen LogP contribution in [0.1, 0.15) is 24.4 Å². The average molecular weight is 478 g/mol. The van der Waals surface area contributed by atoms with Gasteiger partial charge in [0.25, 0.3) is 0 Å². The third-order valence-corrected chi connectivity index (χ3v) is 6.80. The van der Waals surface area contributed by atoms with Gasteiger partial charge >= 0.3 is 6.03 Å². The number of carbonyl (C=O) groups is 1. The van der Waals surface area contributed by atoms with Gasteiger partial charge in [0.15, 0.2) is 0 Å². The lowest BCUT2D eigenvalue weighted by molar-refractivity contribution is 0.163. The van der Waals surface area contributed by atoms with Crippen molar-refractivity contribution in [3.63, 3.8) is 0 Å². The van der Waals surface area contributed by atoms with Crippen LogP contribution < -0.4 is 5.32 Å². The highest BCUT2D eigenvalue weighted by atomic mass is 16.2. The van der Waals surface area contributed by atoms with Crippen LogP contribution in [0.4, 0.5) is 4.79 Å². The van der Waals surface area contributed by atoms with Crippen molar-refractivity contribution in [1.82, 2.24) is 35.2 Å². The molecule has 0 radical (unpaired) electrons. The molecule has 2 aromatic carbocycles. The molecule has 1 fully saturated rings. The molecule has 5 aromatic rings. The number of hydrogen-bond acceptors (Lipinski definition) is 4. The van der Waals surface area contributed by atoms with Crippen molar-refractivity contribution in [2.45, 2.75) is 25.4 Å². The largest absolute Gasteiger partial charge is 0.334 e. The number of likely N-dealkylation sites (tertiary alicyclic amines) is 1. The summed E-state index contributed by atoms with van der Waals surface area (Å²) in [5.41, 5.74) is 6.14. The van der Waals surface area contributed by atoms with E-state index in [0.717, 1.165) is 58.2 Å². The summed E-state index contributed by atoms with van der Waals surface area (Å²) >= 11 is 0. The van der Waals surface area contributed by atoms with Crippen LogP contribution in [-0.2, 0) is 6.54 Å². The predicted octanol–water partition coefficient (Wildman–Crippen LogP) is 5.04. The summed E-state index contributed by atoms with van der Waals surface area (Å²) in [6.07, 6.45) is 9.49. The molecule has 0 saturated carbocycles. The second-order valence-electron chi connectivity index (χ2n) is 9.16. The number of nitrogens with zero attached hydrogens (tertiary/aromatic N) is 5. The number of urea groups is 1. The Labute approximate surface area is 209 Å². The lowest BCUT2D eigenvalue weighted by atomic mass is 10.0. The number of hydrogen-bond donors (Lipinski definition) is 2. The number of rotatable bonds is 5. The van der Waals surface area contributed by atoms with Gasteiger partial charge in [-0.15, -0.1) is 0 Å². The summed E-state index contributed by atoms with van der Waals surface area (Å²) in [7, 11) is 0.